The Kier molecular flexibility index (Phi) is 7.61. The molecule has 0 saturated carbocycles. The van der Waals surface area contributed by atoms with Gasteiger partial charge >= 0.3 is 5.97 Å². The van der Waals surface area contributed by atoms with Gasteiger partial charge in [-0.2, -0.15) is 5.10 Å². The van der Waals surface area contributed by atoms with Crippen molar-refractivity contribution >= 4 is 46.7 Å². The standard InChI is InChI=1S/C29H24ClN5O5/c30-20-8-11-22(23-12-13-31-33-23)24(15-20)34-16-27(37)35(17-26(34)36)25(14-18-4-2-1-3-5-18)28(38)32-21-9-6-19(7-10-21)29(39)40/h1-13,15,25H,14,16-17H2,(H,31,33)(H,32,38)(H,39,40). The summed E-state index contributed by atoms with van der Waals surface area (Å²) in [6.07, 6.45) is 1.76. The molecule has 0 bridgehead atoms. The van der Waals surface area contributed by atoms with Crippen molar-refractivity contribution in [3.8, 4) is 11.3 Å². The van der Waals surface area contributed by atoms with Crippen LogP contribution >= 0.6 is 11.6 Å². The molecule has 0 aliphatic carbocycles. The van der Waals surface area contributed by atoms with E-state index < -0.39 is 23.8 Å². The molecular formula is C29H24ClN5O5. The molecule has 3 amide bonds. The molecule has 1 aromatic heterocycles. The topological polar surface area (TPSA) is 136 Å². The Bertz CT molecular complexity index is 1560. The lowest BCUT2D eigenvalue weighted by atomic mass is 10.0. The number of amides is 3. The third-order valence-corrected chi connectivity index (χ3v) is 6.85. The van der Waals surface area contributed by atoms with E-state index in [1.165, 1.54) is 34.1 Å². The maximum atomic E-state index is 13.5. The van der Waals surface area contributed by atoms with E-state index in [2.05, 4.69) is 15.5 Å². The van der Waals surface area contributed by atoms with Crippen LogP contribution in [0.5, 0.6) is 0 Å². The first kappa shape index (κ1) is 26.6. The first-order chi connectivity index (χ1) is 19.3. The molecule has 10 nitrogen and oxygen atoms in total. The molecule has 1 aliphatic heterocycles. The largest absolute Gasteiger partial charge is 0.478 e. The third-order valence-electron chi connectivity index (χ3n) is 6.61. The number of carbonyl (C=O) groups is 4. The van der Waals surface area contributed by atoms with Gasteiger partial charge in [-0.15, -0.1) is 0 Å². The lowest BCUT2D eigenvalue weighted by Crippen LogP contribution is -2.60. The molecule has 2 heterocycles. The number of anilines is 2. The monoisotopic (exact) mass is 557 g/mol. The van der Waals surface area contributed by atoms with Crippen molar-refractivity contribution in [2.45, 2.75) is 12.5 Å². The zero-order chi connectivity index (χ0) is 28.2. The van der Waals surface area contributed by atoms with E-state index in [4.69, 9.17) is 16.7 Å². The van der Waals surface area contributed by atoms with E-state index in [1.807, 2.05) is 30.3 Å². The van der Waals surface area contributed by atoms with Gasteiger partial charge in [0, 0.05) is 28.9 Å². The Balaban J connectivity index is 1.42. The number of hydrogen-bond acceptors (Lipinski definition) is 5. The van der Waals surface area contributed by atoms with E-state index in [0.29, 0.717) is 27.7 Å². The average Bonchev–Trinajstić information content (AvgIpc) is 3.48. The maximum Gasteiger partial charge on any atom is 0.335 e. The van der Waals surface area contributed by atoms with Crippen LogP contribution in [0.2, 0.25) is 5.02 Å². The summed E-state index contributed by atoms with van der Waals surface area (Å²) in [5.41, 5.74) is 3.02. The van der Waals surface area contributed by atoms with Gasteiger partial charge < -0.3 is 20.2 Å². The zero-order valence-corrected chi connectivity index (χ0v) is 21.8. The second-order valence-corrected chi connectivity index (χ2v) is 9.65. The van der Waals surface area contributed by atoms with Gasteiger partial charge in [0.2, 0.25) is 17.7 Å². The van der Waals surface area contributed by atoms with Gasteiger partial charge in [0.05, 0.1) is 16.9 Å². The minimum atomic E-state index is -1.09. The molecule has 1 atom stereocenters. The van der Waals surface area contributed by atoms with Crippen LogP contribution in [0, 0.1) is 0 Å². The number of rotatable bonds is 8. The van der Waals surface area contributed by atoms with Crippen LogP contribution in [0.25, 0.3) is 11.3 Å². The summed E-state index contributed by atoms with van der Waals surface area (Å²) in [4.78, 5) is 54.4. The van der Waals surface area contributed by atoms with Gasteiger partial charge in [0.15, 0.2) is 0 Å². The summed E-state index contributed by atoms with van der Waals surface area (Å²) >= 11 is 6.25. The molecule has 5 rings (SSSR count). The SMILES string of the molecule is O=C(O)c1ccc(NC(=O)C(Cc2ccccc2)N2CC(=O)N(c3cc(Cl)ccc3-c3ccn[nH]3)CC2=O)cc1. The van der Waals surface area contributed by atoms with Crippen molar-refractivity contribution in [2.75, 3.05) is 23.3 Å². The zero-order valence-electron chi connectivity index (χ0n) is 21.1. The van der Waals surface area contributed by atoms with Crippen molar-refractivity contribution in [1.29, 1.82) is 0 Å². The van der Waals surface area contributed by atoms with Crippen LogP contribution < -0.4 is 10.2 Å². The highest BCUT2D eigenvalue weighted by atomic mass is 35.5. The molecule has 4 aromatic rings. The van der Waals surface area contributed by atoms with Gasteiger partial charge in [0.1, 0.15) is 19.1 Å². The number of piperazine rings is 1. The molecule has 3 N–H and O–H groups in total. The number of carbonyl (C=O) groups excluding carboxylic acids is 3. The van der Waals surface area contributed by atoms with Gasteiger partial charge in [-0.05, 0) is 54.1 Å². The van der Waals surface area contributed by atoms with E-state index in [1.54, 1.807) is 30.5 Å². The Hall–Kier alpha value is -4.96. The van der Waals surface area contributed by atoms with Crippen LogP contribution in [0.15, 0.2) is 85.1 Å². The highest BCUT2D eigenvalue weighted by Crippen LogP contribution is 2.33. The number of carboxylic acid groups (broad SMARTS) is 1. The molecule has 3 aromatic carbocycles. The highest BCUT2D eigenvalue weighted by Gasteiger charge is 2.39. The number of aromatic nitrogens is 2. The minimum absolute atomic E-state index is 0.0752. The molecule has 1 fully saturated rings. The number of nitrogens with zero attached hydrogens (tertiary/aromatic N) is 3. The first-order valence-electron chi connectivity index (χ1n) is 12.4. The van der Waals surface area contributed by atoms with Crippen LogP contribution in [-0.4, -0.2) is 63.0 Å². The predicted octanol–water partition coefficient (Wildman–Crippen LogP) is 3.85. The molecule has 1 aliphatic rings. The van der Waals surface area contributed by atoms with Crippen molar-refractivity contribution in [3.63, 3.8) is 0 Å². The summed E-state index contributed by atoms with van der Waals surface area (Å²) in [5, 5.41) is 19.1. The maximum absolute atomic E-state index is 13.5. The lowest BCUT2D eigenvalue weighted by Gasteiger charge is -2.38. The summed E-state index contributed by atoms with van der Waals surface area (Å²) in [7, 11) is 0. The average molecular weight is 558 g/mol. The second-order valence-electron chi connectivity index (χ2n) is 9.21. The smallest absolute Gasteiger partial charge is 0.335 e. The minimum Gasteiger partial charge on any atom is -0.478 e. The highest BCUT2D eigenvalue weighted by molar-refractivity contribution is 6.31. The summed E-state index contributed by atoms with van der Waals surface area (Å²) in [6.45, 7) is -0.608. The van der Waals surface area contributed by atoms with Crippen molar-refractivity contribution in [1.82, 2.24) is 15.1 Å². The Labute approximate surface area is 234 Å². The fourth-order valence-corrected chi connectivity index (χ4v) is 4.77. The number of nitrogens with one attached hydrogen (secondary N) is 2. The predicted molar refractivity (Wildman–Crippen MR) is 149 cm³/mol. The molecule has 0 radical (unpaired) electrons. The van der Waals surface area contributed by atoms with Crippen LogP contribution in [0.3, 0.4) is 0 Å². The molecule has 202 valence electrons. The van der Waals surface area contributed by atoms with Crippen molar-refractivity contribution < 1.29 is 24.3 Å². The number of hydrogen-bond donors (Lipinski definition) is 3. The Morgan fingerprint density at radius 1 is 0.975 bits per heavy atom. The molecule has 0 spiro atoms. The van der Waals surface area contributed by atoms with E-state index in [9.17, 15) is 19.2 Å². The number of H-pyrrole nitrogens is 1. The third kappa shape index (κ3) is 5.71. The summed E-state index contributed by atoms with van der Waals surface area (Å²) < 4.78 is 0. The molecule has 40 heavy (non-hydrogen) atoms. The van der Waals surface area contributed by atoms with Crippen LogP contribution in [0.1, 0.15) is 15.9 Å². The normalized spacial score (nSPS) is 14.2. The van der Waals surface area contributed by atoms with Crippen LogP contribution in [-0.2, 0) is 20.8 Å². The summed E-state index contributed by atoms with van der Waals surface area (Å²) in [6, 6.07) is 20.7. The van der Waals surface area contributed by atoms with Crippen molar-refractivity contribution in [3.05, 3.63) is 101 Å². The van der Waals surface area contributed by atoms with Gasteiger partial charge in [0.25, 0.3) is 0 Å². The fourth-order valence-electron chi connectivity index (χ4n) is 4.60. The first-order valence-corrected chi connectivity index (χ1v) is 12.8. The van der Waals surface area contributed by atoms with E-state index >= 15 is 0 Å². The van der Waals surface area contributed by atoms with Gasteiger partial charge in [-0.3, -0.25) is 19.5 Å². The van der Waals surface area contributed by atoms with E-state index in [0.717, 1.165) is 5.56 Å². The lowest BCUT2D eigenvalue weighted by molar-refractivity contribution is -0.143. The van der Waals surface area contributed by atoms with Crippen LogP contribution in [0.4, 0.5) is 11.4 Å². The number of benzene rings is 3. The Morgan fingerprint density at radius 3 is 2.40 bits per heavy atom. The van der Waals surface area contributed by atoms with Gasteiger partial charge in [-0.25, -0.2) is 4.79 Å². The number of aromatic amines is 1. The number of halogens is 1. The number of carboxylic acids is 1. The molecule has 11 heteroatoms. The fraction of sp³-hybridized carbons (Fsp3) is 0.138. The Morgan fingerprint density at radius 2 is 1.73 bits per heavy atom. The van der Waals surface area contributed by atoms with E-state index in [-0.39, 0.29) is 31.0 Å². The molecule has 1 saturated heterocycles. The quantitative estimate of drug-likeness (QED) is 0.301. The molecular weight excluding hydrogens is 534 g/mol. The summed E-state index contributed by atoms with van der Waals surface area (Å²) in [5.74, 6) is -2.37. The second kappa shape index (κ2) is 11.4. The van der Waals surface area contributed by atoms with Gasteiger partial charge in [-0.1, -0.05) is 41.9 Å². The number of aromatic carboxylic acids is 1. The molecule has 1 unspecified atom stereocenters. The van der Waals surface area contributed by atoms with Crippen molar-refractivity contribution in [2.24, 2.45) is 0 Å².